The van der Waals surface area contributed by atoms with Gasteiger partial charge >= 0.3 is 0 Å². The van der Waals surface area contributed by atoms with Gasteiger partial charge in [-0.05, 0) is 38.8 Å². The van der Waals surface area contributed by atoms with Crippen molar-refractivity contribution in [2.75, 3.05) is 39.8 Å². The van der Waals surface area contributed by atoms with Crippen LogP contribution in [0.25, 0.3) is 0 Å². The van der Waals surface area contributed by atoms with E-state index in [1.165, 1.54) is 11.1 Å². The maximum Gasteiger partial charge on any atom is 0.227 e. The molecule has 1 aromatic carbocycles. The number of nitrogens with one attached hydrogen (secondary N) is 2. The molecule has 1 heterocycles. The number of hydrogen-bond acceptors (Lipinski definition) is 3. The van der Waals surface area contributed by atoms with Gasteiger partial charge in [-0.25, -0.2) is 0 Å². The number of morpholine rings is 1. The van der Waals surface area contributed by atoms with Gasteiger partial charge in [-0.3, -0.25) is 9.79 Å². The quantitative estimate of drug-likeness (QED) is 0.380. The van der Waals surface area contributed by atoms with E-state index in [0.29, 0.717) is 13.2 Å². The van der Waals surface area contributed by atoms with Crippen LogP contribution in [0, 0.1) is 12.3 Å². The molecule has 6 nitrogen and oxygen atoms in total. The van der Waals surface area contributed by atoms with Crippen LogP contribution in [0.4, 0.5) is 0 Å². The molecule has 1 saturated heterocycles. The Balaban J connectivity index is 0.00000364. The van der Waals surface area contributed by atoms with E-state index in [0.717, 1.165) is 25.6 Å². The smallest absolute Gasteiger partial charge is 0.227 e. The van der Waals surface area contributed by atoms with Crippen molar-refractivity contribution >= 4 is 35.8 Å². The van der Waals surface area contributed by atoms with E-state index >= 15 is 0 Å². The van der Waals surface area contributed by atoms with Crippen molar-refractivity contribution in [3.05, 3.63) is 35.4 Å². The molecule has 2 rings (SSSR count). The Morgan fingerprint density at radius 3 is 2.70 bits per heavy atom. The number of hydrogen-bond donors (Lipinski definition) is 2. The monoisotopic (exact) mass is 488 g/mol. The maximum absolute atomic E-state index is 12.0. The number of amides is 1. The van der Waals surface area contributed by atoms with Gasteiger partial charge in [0.15, 0.2) is 5.96 Å². The fraction of sp³-hybridized carbons (Fsp3) is 0.600. The fourth-order valence-electron chi connectivity index (χ4n) is 3.09. The maximum atomic E-state index is 12.0. The van der Waals surface area contributed by atoms with Gasteiger partial charge in [-0.1, -0.05) is 24.3 Å². The second-order valence-corrected chi connectivity index (χ2v) is 7.30. The van der Waals surface area contributed by atoms with E-state index in [9.17, 15) is 4.79 Å². The minimum absolute atomic E-state index is 0. The van der Waals surface area contributed by atoms with E-state index in [1.807, 2.05) is 19.9 Å². The molecule has 1 aliphatic rings. The van der Waals surface area contributed by atoms with Gasteiger partial charge in [0.25, 0.3) is 0 Å². The highest BCUT2D eigenvalue weighted by Crippen LogP contribution is 2.25. The third kappa shape index (κ3) is 6.34. The summed E-state index contributed by atoms with van der Waals surface area (Å²) in [6.45, 7) is 11.4. The molecule has 1 fully saturated rings. The van der Waals surface area contributed by atoms with Crippen molar-refractivity contribution in [1.82, 2.24) is 15.5 Å². The number of benzene rings is 1. The van der Waals surface area contributed by atoms with Gasteiger partial charge in [0.2, 0.25) is 5.91 Å². The summed E-state index contributed by atoms with van der Waals surface area (Å²) in [6.07, 6.45) is 0.0285. The average Bonchev–Trinajstić information content (AvgIpc) is 2.64. The van der Waals surface area contributed by atoms with E-state index in [-0.39, 0.29) is 36.0 Å². The summed E-state index contributed by atoms with van der Waals surface area (Å²) in [5, 5.41) is 6.07. The Morgan fingerprint density at radius 1 is 1.37 bits per heavy atom. The Morgan fingerprint density at radius 2 is 2.07 bits per heavy atom. The second kappa shape index (κ2) is 10.8. The second-order valence-electron chi connectivity index (χ2n) is 7.30. The van der Waals surface area contributed by atoms with Gasteiger partial charge in [0.1, 0.15) is 6.10 Å². The third-order valence-corrected chi connectivity index (χ3v) is 4.70. The molecule has 152 valence electrons. The Bertz CT molecular complexity index is 649. The first kappa shape index (κ1) is 23.7. The van der Waals surface area contributed by atoms with Crippen molar-refractivity contribution in [2.24, 2.45) is 10.4 Å². The van der Waals surface area contributed by atoms with Crippen molar-refractivity contribution < 1.29 is 9.53 Å². The molecule has 27 heavy (non-hydrogen) atoms. The van der Waals surface area contributed by atoms with E-state index in [1.54, 1.807) is 7.05 Å². The summed E-state index contributed by atoms with van der Waals surface area (Å²) in [5.41, 5.74) is 1.91. The minimum atomic E-state index is -0.545. The van der Waals surface area contributed by atoms with Crippen LogP contribution < -0.4 is 10.6 Å². The number of carbonyl (C=O) groups excluding carboxylic acids is 1. The number of guanidine groups is 1. The minimum Gasteiger partial charge on any atom is -0.370 e. The summed E-state index contributed by atoms with van der Waals surface area (Å²) >= 11 is 0. The van der Waals surface area contributed by atoms with Crippen LogP contribution in [-0.4, -0.2) is 56.6 Å². The molecule has 0 aromatic heterocycles. The third-order valence-electron chi connectivity index (χ3n) is 4.70. The van der Waals surface area contributed by atoms with Gasteiger partial charge in [-0.15, -0.1) is 24.0 Å². The SMILES string of the molecule is CCNC(=NCC(C)(C)C(=O)NC)N1CCOC(c2ccccc2C)C1.I. The zero-order valence-electron chi connectivity index (χ0n) is 17.0. The van der Waals surface area contributed by atoms with Crippen molar-refractivity contribution in [3.8, 4) is 0 Å². The molecule has 1 unspecified atom stereocenters. The molecule has 1 aromatic rings. The molecule has 1 aliphatic heterocycles. The normalized spacial score (nSPS) is 17.9. The lowest BCUT2D eigenvalue weighted by Gasteiger charge is -2.36. The highest BCUT2D eigenvalue weighted by Gasteiger charge is 2.28. The molecule has 0 saturated carbocycles. The average molecular weight is 488 g/mol. The molecule has 0 radical (unpaired) electrons. The van der Waals surface area contributed by atoms with Gasteiger partial charge < -0.3 is 20.3 Å². The predicted octanol–water partition coefficient (Wildman–Crippen LogP) is 2.72. The van der Waals surface area contributed by atoms with Crippen LogP contribution in [0.3, 0.4) is 0 Å². The topological polar surface area (TPSA) is 66.0 Å². The number of aliphatic imine (C=N–C) groups is 1. The fourth-order valence-corrected chi connectivity index (χ4v) is 3.09. The number of halogens is 1. The first-order chi connectivity index (χ1) is 12.4. The summed E-state index contributed by atoms with van der Waals surface area (Å²) in [5.74, 6) is 0.836. The molecule has 2 N–H and O–H groups in total. The van der Waals surface area contributed by atoms with Crippen LogP contribution in [-0.2, 0) is 9.53 Å². The van der Waals surface area contributed by atoms with Gasteiger partial charge in [-0.2, -0.15) is 0 Å². The molecule has 7 heteroatoms. The number of aryl methyl sites for hydroxylation is 1. The van der Waals surface area contributed by atoms with E-state index in [4.69, 9.17) is 9.73 Å². The van der Waals surface area contributed by atoms with Crippen molar-refractivity contribution in [3.63, 3.8) is 0 Å². The molecule has 1 amide bonds. The molecular weight excluding hydrogens is 455 g/mol. The molecule has 1 atom stereocenters. The Labute approximate surface area is 180 Å². The van der Waals surface area contributed by atoms with Crippen LogP contribution in [0.5, 0.6) is 0 Å². The molecule has 0 bridgehead atoms. The van der Waals surface area contributed by atoms with Gasteiger partial charge in [0, 0.05) is 20.1 Å². The van der Waals surface area contributed by atoms with Crippen LogP contribution in [0.15, 0.2) is 29.3 Å². The highest BCUT2D eigenvalue weighted by molar-refractivity contribution is 14.0. The molecule has 0 aliphatic carbocycles. The highest BCUT2D eigenvalue weighted by atomic mass is 127. The van der Waals surface area contributed by atoms with Crippen molar-refractivity contribution in [1.29, 1.82) is 0 Å². The Hall–Kier alpha value is -1.35. The van der Waals surface area contributed by atoms with Crippen LogP contribution in [0.1, 0.15) is 38.0 Å². The standard InChI is InChI=1S/C20H32N4O2.HI/c1-6-22-19(23-14-20(3,4)18(25)21-5)24-11-12-26-17(13-24)16-10-8-7-9-15(16)2;/h7-10,17H,6,11-14H2,1-5H3,(H,21,25)(H,22,23);1H. The lowest BCUT2D eigenvalue weighted by Crippen LogP contribution is -2.49. The first-order valence-corrected chi connectivity index (χ1v) is 9.31. The lowest BCUT2D eigenvalue weighted by molar-refractivity contribution is -0.128. The van der Waals surface area contributed by atoms with Crippen LogP contribution in [0.2, 0.25) is 0 Å². The first-order valence-electron chi connectivity index (χ1n) is 9.31. The van der Waals surface area contributed by atoms with Crippen LogP contribution >= 0.6 is 24.0 Å². The number of nitrogens with zero attached hydrogens (tertiary/aromatic N) is 2. The summed E-state index contributed by atoms with van der Waals surface area (Å²) in [4.78, 5) is 19.0. The van der Waals surface area contributed by atoms with Crippen molar-refractivity contribution in [2.45, 2.75) is 33.8 Å². The van der Waals surface area contributed by atoms with E-state index in [2.05, 4.69) is 47.6 Å². The summed E-state index contributed by atoms with van der Waals surface area (Å²) < 4.78 is 6.02. The lowest BCUT2D eigenvalue weighted by atomic mass is 9.93. The predicted molar refractivity (Wildman–Crippen MR) is 121 cm³/mol. The number of rotatable bonds is 5. The zero-order valence-corrected chi connectivity index (χ0v) is 19.4. The summed E-state index contributed by atoms with van der Waals surface area (Å²) in [7, 11) is 1.66. The largest absolute Gasteiger partial charge is 0.370 e. The van der Waals surface area contributed by atoms with Gasteiger partial charge in [0.05, 0.1) is 25.1 Å². The number of ether oxygens (including phenoxy) is 1. The Kier molecular flexibility index (Phi) is 9.52. The molecule has 0 spiro atoms. The number of carbonyl (C=O) groups is 1. The molecular formula is C20H33IN4O2. The van der Waals surface area contributed by atoms with E-state index < -0.39 is 5.41 Å². The summed E-state index contributed by atoms with van der Waals surface area (Å²) in [6, 6.07) is 8.34. The zero-order chi connectivity index (χ0) is 19.2.